The maximum absolute atomic E-state index is 12.5. The fourth-order valence-electron chi connectivity index (χ4n) is 1.79. The molecule has 0 aliphatic rings. The lowest BCUT2D eigenvalue weighted by Crippen LogP contribution is -2.37. The van der Waals surface area contributed by atoms with E-state index < -0.39 is 0 Å². The molecule has 1 aromatic rings. The largest absolute Gasteiger partial charge is 0.336 e. The minimum Gasteiger partial charge on any atom is -0.336 e. The maximum Gasteiger partial charge on any atom is 0.232 e. The van der Waals surface area contributed by atoms with Gasteiger partial charge in [-0.15, -0.1) is 11.8 Å². The summed E-state index contributed by atoms with van der Waals surface area (Å²) in [5.41, 5.74) is 1.19. The van der Waals surface area contributed by atoms with Gasteiger partial charge in [0.2, 0.25) is 5.91 Å². The normalized spacial score (nSPS) is 11.7. The number of amides is 1. The number of thioether (sulfide) groups is 1. The molecule has 3 nitrogen and oxygen atoms in total. The summed E-state index contributed by atoms with van der Waals surface area (Å²) in [5, 5.41) is 0. The molecule has 0 saturated heterocycles. The van der Waals surface area contributed by atoms with E-state index in [0.717, 1.165) is 13.1 Å². The molecule has 1 rings (SSSR count). The quantitative estimate of drug-likeness (QED) is 0.773. The average Bonchev–Trinajstić information content (AvgIpc) is 2.41. The number of nitrogens with zero attached hydrogens (tertiary/aromatic N) is 2. The van der Waals surface area contributed by atoms with Gasteiger partial charge in [-0.2, -0.15) is 0 Å². The molecule has 0 aliphatic carbocycles. The van der Waals surface area contributed by atoms with Gasteiger partial charge < -0.3 is 9.80 Å². The number of benzene rings is 1. The van der Waals surface area contributed by atoms with Crippen LogP contribution in [0.4, 0.5) is 0 Å². The van der Waals surface area contributed by atoms with Crippen LogP contribution in [0, 0.1) is 0 Å². The second-order valence-electron chi connectivity index (χ2n) is 6.51. The van der Waals surface area contributed by atoms with Gasteiger partial charge in [0.05, 0.1) is 5.75 Å². The first kappa shape index (κ1) is 18.1. The molecule has 1 aromatic carbocycles. The van der Waals surface area contributed by atoms with Crippen LogP contribution in [0.25, 0.3) is 0 Å². The monoisotopic (exact) mass is 308 g/mol. The Morgan fingerprint density at radius 2 is 1.71 bits per heavy atom. The number of carbonyl (C=O) groups is 1. The maximum atomic E-state index is 12.5. The molecule has 21 heavy (non-hydrogen) atoms. The van der Waals surface area contributed by atoms with Crippen LogP contribution in [0.2, 0.25) is 0 Å². The zero-order valence-corrected chi connectivity index (χ0v) is 14.7. The second-order valence-corrected chi connectivity index (χ2v) is 8.31. The van der Waals surface area contributed by atoms with Gasteiger partial charge in [-0.05, 0) is 19.7 Å². The van der Waals surface area contributed by atoms with Crippen molar-refractivity contribution in [2.24, 2.45) is 0 Å². The number of rotatable bonds is 7. The van der Waals surface area contributed by atoms with Crippen molar-refractivity contribution in [2.75, 3.05) is 32.9 Å². The summed E-state index contributed by atoms with van der Waals surface area (Å²) < 4.78 is 0.121. The molecule has 0 saturated carbocycles. The highest BCUT2D eigenvalue weighted by Gasteiger charge is 2.18. The molecule has 0 N–H and O–H groups in total. The van der Waals surface area contributed by atoms with Gasteiger partial charge in [0.25, 0.3) is 0 Å². The number of carbonyl (C=O) groups excluding carboxylic acids is 1. The highest BCUT2D eigenvalue weighted by atomic mass is 32.2. The molecular weight excluding hydrogens is 280 g/mol. The SMILES string of the molecule is CN(C)CCN(Cc1ccccc1)C(=O)CSC(C)(C)C. The van der Waals surface area contributed by atoms with Crippen molar-refractivity contribution < 1.29 is 4.79 Å². The highest BCUT2D eigenvalue weighted by molar-refractivity contribution is 8.01. The Morgan fingerprint density at radius 1 is 1.10 bits per heavy atom. The van der Waals surface area contributed by atoms with Crippen LogP contribution >= 0.6 is 11.8 Å². The van der Waals surface area contributed by atoms with Crippen molar-refractivity contribution in [3.05, 3.63) is 35.9 Å². The topological polar surface area (TPSA) is 23.6 Å². The first-order valence-corrected chi connectivity index (χ1v) is 8.37. The fourth-order valence-corrected chi connectivity index (χ4v) is 2.53. The zero-order valence-electron chi connectivity index (χ0n) is 13.9. The third-order valence-electron chi connectivity index (χ3n) is 3.01. The van der Waals surface area contributed by atoms with Gasteiger partial charge in [0, 0.05) is 24.4 Å². The Labute approximate surface area is 133 Å². The first-order chi connectivity index (χ1) is 9.78. The Bertz CT molecular complexity index is 426. The van der Waals surface area contributed by atoms with Crippen molar-refractivity contribution in [1.82, 2.24) is 9.80 Å². The average molecular weight is 308 g/mol. The van der Waals surface area contributed by atoms with Crippen LogP contribution in [0.1, 0.15) is 26.3 Å². The van der Waals surface area contributed by atoms with Crippen LogP contribution < -0.4 is 0 Å². The summed E-state index contributed by atoms with van der Waals surface area (Å²) in [4.78, 5) is 16.6. The molecule has 0 unspecified atom stereocenters. The third kappa shape index (κ3) is 8.12. The minimum absolute atomic E-state index is 0.121. The molecular formula is C17H28N2OS. The molecule has 0 aliphatic heterocycles. The molecule has 0 spiro atoms. The molecule has 1 amide bonds. The van der Waals surface area contributed by atoms with Crippen LogP contribution in [-0.2, 0) is 11.3 Å². The predicted molar refractivity (Wildman–Crippen MR) is 92.6 cm³/mol. The summed E-state index contributed by atoms with van der Waals surface area (Å²) in [5.74, 6) is 0.768. The molecule has 0 fully saturated rings. The smallest absolute Gasteiger partial charge is 0.232 e. The van der Waals surface area contributed by atoms with Gasteiger partial charge >= 0.3 is 0 Å². The summed E-state index contributed by atoms with van der Waals surface area (Å²) in [7, 11) is 4.07. The van der Waals surface area contributed by atoms with E-state index in [0.29, 0.717) is 12.3 Å². The standard InChI is InChI=1S/C17H28N2OS/c1-17(2,3)21-14-16(20)19(12-11-18(4)5)13-15-9-7-6-8-10-15/h6-10H,11-14H2,1-5H3. The molecule has 0 atom stereocenters. The molecule has 0 bridgehead atoms. The lowest BCUT2D eigenvalue weighted by atomic mass is 10.2. The lowest BCUT2D eigenvalue weighted by molar-refractivity contribution is -0.129. The van der Waals surface area contributed by atoms with Crippen LogP contribution in [0.15, 0.2) is 30.3 Å². The van der Waals surface area contributed by atoms with E-state index in [1.807, 2.05) is 37.2 Å². The lowest BCUT2D eigenvalue weighted by Gasteiger charge is -2.26. The summed E-state index contributed by atoms with van der Waals surface area (Å²) in [6.07, 6.45) is 0. The van der Waals surface area contributed by atoms with Gasteiger partial charge in [-0.1, -0.05) is 51.1 Å². The zero-order chi connectivity index (χ0) is 15.9. The Hall–Kier alpha value is -1.000. The van der Waals surface area contributed by atoms with Crippen molar-refractivity contribution in [1.29, 1.82) is 0 Å². The number of likely N-dealkylation sites (N-methyl/N-ethyl adjacent to an activating group) is 1. The van der Waals surface area contributed by atoms with Gasteiger partial charge in [-0.3, -0.25) is 4.79 Å². The molecule has 118 valence electrons. The van der Waals surface area contributed by atoms with Gasteiger partial charge in [0.1, 0.15) is 0 Å². The number of hydrogen-bond donors (Lipinski definition) is 0. The van der Waals surface area contributed by atoms with E-state index in [9.17, 15) is 4.79 Å². The highest BCUT2D eigenvalue weighted by Crippen LogP contribution is 2.23. The third-order valence-corrected chi connectivity index (χ3v) is 4.27. The van der Waals surface area contributed by atoms with Crippen LogP contribution in [0.5, 0.6) is 0 Å². The minimum atomic E-state index is 0.121. The Kier molecular flexibility index (Phi) is 7.26. The molecule has 0 aromatic heterocycles. The van der Waals surface area contributed by atoms with E-state index in [2.05, 4.69) is 37.8 Å². The summed E-state index contributed by atoms with van der Waals surface area (Å²) >= 11 is 1.71. The summed E-state index contributed by atoms with van der Waals surface area (Å²) in [6.45, 7) is 8.79. The van der Waals surface area contributed by atoms with Crippen molar-refractivity contribution in [3.63, 3.8) is 0 Å². The Balaban J connectivity index is 2.65. The van der Waals surface area contributed by atoms with Crippen LogP contribution in [0.3, 0.4) is 0 Å². The Morgan fingerprint density at radius 3 is 2.24 bits per heavy atom. The van der Waals surface area contributed by atoms with Crippen LogP contribution in [-0.4, -0.2) is 53.4 Å². The van der Waals surface area contributed by atoms with Crippen molar-refractivity contribution in [3.8, 4) is 0 Å². The van der Waals surface area contributed by atoms with E-state index >= 15 is 0 Å². The summed E-state index contributed by atoms with van der Waals surface area (Å²) in [6, 6.07) is 10.2. The van der Waals surface area contributed by atoms with E-state index in [-0.39, 0.29) is 10.7 Å². The van der Waals surface area contributed by atoms with E-state index in [1.165, 1.54) is 5.56 Å². The number of hydrogen-bond acceptors (Lipinski definition) is 3. The van der Waals surface area contributed by atoms with Gasteiger partial charge in [-0.25, -0.2) is 0 Å². The predicted octanol–water partition coefficient (Wildman–Crippen LogP) is 3.11. The van der Waals surface area contributed by atoms with E-state index in [1.54, 1.807) is 11.8 Å². The molecule has 0 radical (unpaired) electrons. The van der Waals surface area contributed by atoms with E-state index in [4.69, 9.17) is 0 Å². The second kappa shape index (κ2) is 8.44. The van der Waals surface area contributed by atoms with Gasteiger partial charge in [0.15, 0.2) is 0 Å². The molecule has 4 heteroatoms. The van der Waals surface area contributed by atoms with Crippen molar-refractivity contribution >= 4 is 17.7 Å². The fraction of sp³-hybridized carbons (Fsp3) is 0.588. The van der Waals surface area contributed by atoms with Crippen molar-refractivity contribution in [2.45, 2.75) is 32.1 Å². The first-order valence-electron chi connectivity index (χ1n) is 7.38. The molecule has 0 heterocycles.